The van der Waals surface area contributed by atoms with E-state index in [0.29, 0.717) is 199 Å². The van der Waals surface area contributed by atoms with E-state index in [1.807, 2.05) is 103 Å². The van der Waals surface area contributed by atoms with Crippen molar-refractivity contribution in [3.63, 3.8) is 0 Å². The fourth-order valence-electron chi connectivity index (χ4n) is 21.0. The molecule has 2 N–H and O–H groups in total. The molecular weight excluding hydrogens is 1750 g/mol. The Hall–Kier alpha value is -10.1. The van der Waals surface area contributed by atoms with E-state index in [-0.39, 0.29) is 69.5 Å². The van der Waals surface area contributed by atoms with E-state index >= 15 is 0 Å². The van der Waals surface area contributed by atoms with Gasteiger partial charge in [0, 0.05) is 163 Å². The monoisotopic (exact) mass is 1880 g/mol. The number of fused-ring (bicyclic) bond motifs is 8. The SMILES string of the molecule is CC(C)C(O)c1ccc(C(=O)N2CCC3(CC2)c2ccc(C(F)(F)F)n2CCN3C)cc1.CC(C)Oc1ccc(C(=O)N2CCC3(CC2)c2ccc(C(F)(F)F)n2C[C@H](C)N3C)c(F)c1.COc1cc(C(=O)N2CCC3(CC2)c2ccc(C(F)(F)F)n2CC(C)N3C)ccc1OC(C)C.COc1cc(C(=O)N2CCC3(CC2)c2ccc(C(F)(F)F)n2CCN3C)ccc1C(C)(C)CO.[HH].[HH]. The molecular formula is C98H127F13N12O10. The number of carbonyl (C=O) groups is 4. The van der Waals surface area contributed by atoms with Gasteiger partial charge >= 0.3 is 24.7 Å². The van der Waals surface area contributed by atoms with Crippen LogP contribution in [0.1, 0.15) is 228 Å². The number of benzene rings is 4. The first kappa shape index (κ1) is 100. The molecule has 35 heteroatoms. The minimum atomic E-state index is -4.42. The van der Waals surface area contributed by atoms with Crippen LogP contribution in [0.25, 0.3) is 0 Å². The fraction of sp³-hybridized carbons (Fsp3) is 0.551. The molecule has 4 fully saturated rings. The minimum absolute atomic E-state index is 0. The summed E-state index contributed by atoms with van der Waals surface area (Å²) in [4.78, 5) is 68.1. The number of rotatable bonds is 14. The summed E-state index contributed by atoms with van der Waals surface area (Å²) in [5.74, 6) is 0.639. The molecule has 8 aliphatic rings. The van der Waals surface area contributed by atoms with Gasteiger partial charge in [-0.2, -0.15) is 52.7 Å². The van der Waals surface area contributed by atoms with Crippen LogP contribution in [-0.4, -0.2) is 230 Å². The summed E-state index contributed by atoms with van der Waals surface area (Å²) in [5.41, 5.74) is 0.675. The number of hydrogen-bond donors (Lipinski definition) is 2. The lowest BCUT2D eigenvalue weighted by atomic mass is 9.80. The molecule has 8 aliphatic heterocycles. The van der Waals surface area contributed by atoms with Gasteiger partial charge in [0.25, 0.3) is 23.6 Å². The van der Waals surface area contributed by atoms with E-state index < -0.39 is 92.9 Å². The largest absolute Gasteiger partial charge is 0.496 e. The molecule has 22 nitrogen and oxygen atoms in total. The second kappa shape index (κ2) is 38.6. The molecule has 0 radical (unpaired) electrons. The topological polar surface area (TPSA) is 191 Å². The molecule has 730 valence electrons. The molecule has 4 aromatic carbocycles. The first-order chi connectivity index (χ1) is 62.4. The third kappa shape index (κ3) is 19.8. The minimum Gasteiger partial charge on any atom is -0.496 e. The molecule has 8 aromatic rings. The van der Waals surface area contributed by atoms with Gasteiger partial charge in [-0.05, 0) is 236 Å². The molecule has 16 rings (SSSR count). The highest BCUT2D eigenvalue weighted by Gasteiger charge is 2.55. The number of alkyl halides is 12. The van der Waals surface area contributed by atoms with Gasteiger partial charge in [-0.15, -0.1) is 0 Å². The predicted molar refractivity (Wildman–Crippen MR) is 479 cm³/mol. The molecule has 2 unspecified atom stereocenters. The summed E-state index contributed by atoms with van der Waals surface area (Å²) in [6.07, 6.45) is -13.9. The number of methoxy groups -OCH3 is 2. The van der Waals surface area contributed by atoms with E-state index in [9.17, 15) is 86.5 Å². The number of aromatic nitrogens is 4. The molecule has 0 bridgehead atoms. The summed E-state index contributed by atoms with van der Waals surface area (Å²) in [6, 6.07) is 32.6. The highest BCUT2D eigenvalue weighted by Crippen LogP contribution is 2.51. The van der Waals surface area contributed by atoms with Crippen molar-refractivity contribution in [2.24, 2.45) is 5.92 Å². The summed E-state index contributed by atoms with van der Waals surface area (Å²) in [7, 11) is 10.9. The van der Waals surface area contributed by atoms with Crippen LogP contribution in [0.4, 0.5) is 57.1 Å². The first-order valence-corrected chi connectivity index (χ1v) is 45.4. The van der Waals surface area contributed by atoms with Gasteiger partial charge in [0.1, 0.15) is 40.1 Å². The van der Waals surface area contributed by atoms with Crippen molar-refractivity contribution in [1.29, 1.82) is 0 Å². The molecule has 0 aliphatic carbocycles. The number of aliphatic hydroxyl groups is 2. The van der Waals surface area contributed by atoms with Crippen molar-refractivity contribution < 1.29 is 108 Å². The second-order valence-corrected chi connectivity index (χ2v) is 38.1. The van der Waals surface area contributed by atoms with E-state index in [1.165, 1.54) is 62.8 Å². The van der Waals surface area contributed by atoms with E-state index in [0.717, 1.165) is 17.2 Å². The lowest BCUT2D eigenvalue weighted by molar-refractivity contribution is -0.146. The van der Waals surface area contributed by atoms with Gasteiger partial charge in [0.05, 0.1) is 66.9 Å². The lowest BCUT2D eigenvalue weighted by Gasteiger charge is -2.53. The van der Waals surface area contributed by atoms with Crippen LogP contribution < -0.4 is 18.9 Å². The van der Waals surface area contributed by atoms with Crippen molar-refractivity contribution in [3.05, 3.63) is 212 Å². The number of aliphatic hydroxyl groups excluding tert-OH is 2. The Morgan fingerprint density at radius 3 is 1.12 bits per heavy atom. The highest BCUT2D eigenvalue weighted by atomic mass is 19.4. The molecule has 3 atom stereocenters. The second-order valence-electron chi connectivity index (χ2n) is 38.1. The average Bonchev–Trinajstić information content (AvgIpc) is 1.48. The van der Waals surface area contributed by atoms with Crippen molar-refractivity contribution in [3.8, 4) is 23.0 Å². The number of halogens is 13. The Morgan fingerprint density at radius 2 is 0.759 bits per heavy atom. The maximum Gasteiger partial charge on any atom is 0.431 e. The van der Waals surface area contributed by atoms with Gasteiger partial charge in [-0.25, -0.2) is 4.39 Å². The smallest absolute Gasteiger partial charge is 0.431 e. The Balaban J connectivity index is 0.000000172. The zero-order valence-electron chi connectivity index (χ0n) is 78.3. The summed E-state index contributed by atoms with van der Waals surface area (Å²) < 4.78 is 205. The van der Waals surface area contributed by atoms with Crippen LogP contribution in [0, 0.1) is 11.7 Å². The molecule has 0 saturated carbocycles. The van der Waals surface area contributed by atoms with E-state index in [2.05, 4.69) is 19.6 Å². The molecule has 4 aromatic heterocycles. The van der Waals surface area contributed by atoms with Gasteiger partial charge in [0.15, 0.2) is 11.5 Å². The number of likely N-dealkylation sites (tertiary alicyclic amines) is 4. The summed E-state index contributed by atoms with van der Waals surface area (Å²) in [5, 5.41) is 19.9. The first-order valence-electron chi connectivity index (χ1n) is 45.4. The lowest BCUT2D eigenvalue weighted by Crippen LogP contribution is -2.59. The van der Waals surface area contributed by atoms with Crippen LogP contribution in [0.2, 0.25) is 0 Å². The van der Waals surface area contributed by atoms with Crippen LogP contribution in [-0.2, 0) is 78.5 Å². The number of ether oxygens (including phenoxy) is 4. The zero-order valence-corrected chi connectivity index (χ0v) is 78.3. The van der Waals surface area contributed by atoms with Crippen LogP contribution in [0.15, 0.2) is 127 Å². The predicted octanol–water partition coefficient (Wildman–Crippen LogP) is 18.3. The Morgan fingerprint density at radius 1 is 0.414 bits per heavy atom. The van der Waals surface area contributed by atoms with Crippen molar-refractivity contribution in [1.82, 2.24) is 57.5 Å². The number of hydrogen-bond acceptors (Lipinski definition) is 14. The van der Waals surface area contributed by atoms with Crippen LogP contribution in [0.3, 0.4) is 0 Å². The van der Waals surface area contributed by atoms with E-state index in [4.69, 9.17) is 18.9 Å². The third-order valence-corrected chi connectivity index (χ3v) is 28.9. The molecule has 4 amide bonds. The van der Waals surface area contributed by atoms with Gasteiger partial charge in [-0.3, -0.25) is 38.8 Å². The quantitative estimate of drug-likeness (QED) is 0.0977. The number of piperidine rings is 4. The normalized spacial score (nSPS) is 20.0. The van der Waals surface area contributed by atoms with Crippen LogP contribution in [0.5, 0.6) is 23.0 Å². The van der Waals surface area contributed by atoms with Crippen LogP contribution >= 0.6 is 0 Å². The fourth-order valence-corrected chi connectivity index (χ4v) is 21.0. The third-order valence-electron chi connectivity index (χ3n) is 28.9. The molecule has 4 saturated heterocycles. The van der Waals surface area contributed by atoms with Gasteiger partial charge < -0.3 is 67.0 Å². The van der Waals surface area contributed by atoms with Crippen molar-refractivity contribution in [2.45, 2.75) is 229 Å². The number of carbonyl (C=O) groups excluding carboxylic acids is 4. The summed E-state index contributed by atoms with van der Waals surface area (Å²) >= 11 is 0. The zero-order chi connectivity index (χ0) is 97.1. The van der Waals surface area contributed by atoms with Crippen molar-refractivity contribution >= 4 is 23.6 Å². The Kier molecular flexibility index (Phi) is 29.1. The summed E-state index contributed by atoms with van der Waals surface area (Å²) in [6.45, 7) is 24.6. The number of amides is 4. The standard InChI is InChI=1S/2C25H32F3N3O3.C24H29F4N3O2.C24H30F3N3O2.2H2/c1-16(2)34-19-7-6-18(14-20(19)33-5)23(32)30-12-10-24(11-13-30)21-8-9-22(25(26,27)28)31(21)15-17(3)29(24)4;1-23(2,16-32)18-6-5-17(15-19(18)34-4)22(33)30-11-9-24(10-12-30)20-7-8-21(25(26,27)28)31(20)14-13-29(24)3;1-15(2)33-17-5-6-18(19(25)13-17)22(32)30-11-9-23(10-12-30)20-7-8-21(24(26,27)28)31(20)14-16(3)29(23)4;1-16(2)21(31)17-4-6-18(7-5-17)22(32)29-12-10-23(11-13-29)19-8-9-20(24(25,26)27)30(19)15-14-28(23)3;;/h6-9,14,16-17H,10-13,15H2,1-5H3;5-8,15,32H,9-14,16H2,1-4H3;5-8,13,15-16H,9-12,14H2,1-4H3;4-9,16,21,31H,10-15H2,1-3H3;2*1H/t;;16-;;;/m..0.../s1. The maximum atomic E-state index is 14.6. The highest BCUT2D eigenvalue weighted by molar-refractivity contribution is 5.97. The molecule has 4 spiro atoms. The van der Waals surface area contributed by atoms with E-state index in [1.54, 1.807) is 105 Å². The van der Waals surface area contributed by atoms with Crippen molar-refractivity contribution in [2.75, 3.05) is 114 Å². The Labute approximate surface area is 771 Å². The molecule has 12 heterocycles. The maximum absolute atomic E-state index is 14.6. The Bertz CT molecular complexity index is 5480. The average molecular weight is 1880 g/mol. The van der Waals surface area contributed by atoms with Gasteiger partial charge in [0.2, 0.25) is 0 Å². The number of likely N-dealkylation sites (N-methyl/N-ethyl adjacent to an activating group) is 4. The number of nitrogens with zero attached hydrogens (tertiary/aromatic N) is 12. The molecule has 133 heavy (non-hydrogen) atoms. The van der Waals surface area contributed by atoms with Gasteiger partial charge in [-0.1, -0.05) is 45.9 Å².